The summed E-state index contributed by atoms with van der Waals surface area (Å²) >= 11 is 5.86. The van der Waals surface area contributed by atoms with Crippen molar-refractivity contribution in [2.24, 2.45) is 0 Å². The van der Waals surface area contributed by atoms with Gasteiger partial charge in [-0.05, 0) is 62.2 Å². The molecule has 26 heavy (non-hydrogen) atoms. The van der Waals surface area contributed by atoms with Crippen LogP contribution in [-0.2, 0) is 9.53 Å². The smallest absolute Gasteiger partial charge is 0.338 e. The van der Waals surface area contributed by atoms with E-state index in [0.29, 0.717) is 40.6 Å². The minimum atomic E-state index is -0.665. The highest BCUT2D eigenvalue weighted by atomic mass is 35.5. The summed E-state index contributed by atoms with van der Waals surface area (Å²) in [6, 6.07) is 11.9. The third-order valence-corrected chi connectivity index (χ3v) is 4.09. The van der Waals surface area contributed by atoms with Crippen molar-refractivity contribution < 1.29 is 19.1 Å². The fourth-order valence-electron chi connectivity index (χ4n) is 2.41. The van der Waals surface area contributed by atoms with Crippen molar-refractivity contribution in [1.82, 2.24) is 0 Å². The molecule has 0 saturated carbocycles. The fourth-order valence-corrected chi connectivity index (χ4v) is 2.54. The number of amides is 1. The summed E-state index contributed by atoms with van der Waals surface area (Å²) in [7, 11) is 0. The predicted molar refractivity (Wildman–Crippen MR) is 102 cm³/mol. The third kappa shape index (κ3) is 4.99. The Labute approximate surface area is 158 Å². The van der Waals surface area contributed by atoms with Crippen LogP contribution in [0.25, 0.3) is 0 Å². The number of halogens is 1. The Morgan fingerprint density at radius 2 is 1.81 bits per heavy atom. The van der Waals surface area contributed by atoms with Gasteiger partial charge in [0.1, 0.15) is 5.75 Å². The molecule has 2 aromatic rings. The number of rotatable bonds is 7. The van der Waals surface area contributed by atoms with Crippen LogP contribution in [0.15, 0.2) is 42.5 Å². The second-order valence-corrected chi connectivity index (χ2v) is 6.09. The number of benzene rings is 2. The number of esters is 1. The van der Waals surface area contributed by atoms with Crippen molar-refractivity contribution >= 4 is 29.2 Å². The van der Waals surface area contributed by atoms with Gasteiger partial charge in [0.15, 0.2) is 6.10 Å². The molecule has 138 valence electrons. The summed E-state index contributed by atoms with van der Waals surface area (Å²) in [6.45, 7) is 5.67. The van der Waals surface area contributed by atoms with Gasteiger partial charge in [0.05, 0.1) is 12.2 Å². The first-order valence-corrected chi connectivity index (χ1v) is 8.83. The summed E-state index contributed by atoms with van der Waals surface area (Å²) in [5.41, 5.74) is 1.63. The lowest BCUT2D eigenvalue weighted by Gasteiger charge is -2.18. The Morgan fingerprint density at radius 3 is 2.42 bits per heavy atom. The molecule has 0 radical (unpaired) electrons. The number of carbonyl (C=O) groups is 2. The van der Waals surface area contributed by atoms with Crippen LogP contribution in [0.4, 0.5) is 5.69 Å². The molecule has 1 unspecified atom stereocenters. The molecule has 0 fully saturated rings. The Balaban J connectivity index is 2.13. The molecule has 0 aliphatic heterocycles. The first kappa shape index (κ1) is 19.8. The zero-order chi connectivity index (χ0) is 19.1. The summed E-state index contributed by atoms with van der Waals surface area (Å²) in [5.74, 6) is -0.134. The molecule has 1 amide bonds. The number of hydrogen-bond acceptors (Lipinski definition) is 4. The number of ether oxygens (including phenoxy) is 2. The quantitative estimate of drug-likeness (QED) is 0.717. The topological polar surface area (TPSA) is 64.6 Å². The maximum absolute atomic E-state index is 12.6. The molecule has 0 aromatic heterocycles. The average Bonchev–Trinajstić information content (AvgIpc) is 2.63. The Morgan fingerprint density at radius 1 is 1.12 bits per heavy atom. The van der Waals surface area contributed by atoms with Gasteiger partial charge in [-0.3, -0.25) is 4.79 Å². The highest BCUT2D eigenvalue weighted by molar-refractivity contribution is 6.30. The van der Waals surface area contributed by atoms with Crippen molar-refractivity contribution in [2.75, 3.05) is 11.9 Å². The number of carbonyl (C=O) groups excluding carboxylic acids is 2. The second kappa shape index (κ2) is 9.25. The molecule has 1 N–H and O–H groups in total. The monoisotopic (exact) mass is 375 g/mol. The average molecular weight is 376 g/mol. The van der Waals surface area contributed by atoms with Crippen LogP contribution in [0, 0.1) is 6.92 Å². The molecule has 0 aliphatic rings. The maximum atomic E-state index is 12.6. The zero-order valence-electron chi connectivity index (χ0n) is 15.0. The fraction of sp³-hybridized carbons (Fsp3) is 0.300. The molecule has 0 spiro atoms. The highest BCUT2D eigenvalue weighted by Gasteiger charge is 2.20. The molecule has 6 heteroatoms. The molecule has 0 aliphatic carbocycles. The van der Waals surface area contributed by atoms with Gasteiger partial charge >= 0.3 is 5.97 Å². The molecule has 2 rings (SSSR count). The largest absolute Gasteiger partial charge is 0.481 e. The number of nitrogens with one attached hydrogen (secondary N) is 1. The van der Waals surface area contributed by atoms with Crippen molar-refractivity contribution in [3.63, 3.8) is 0 Å². The van der Waals surface area contributed by atoms with Gasteiger partial charge in [0, 0.05) is 10.7 Å². The van der Waals surface area contributed by atoms with Crippen LogP contribution in [0.1, 0.15) is 36.2 Å². The van der Waals surface area contributed by atoms with E-state index in [1.165, 1.54) is 0 Å². The Bertz CT molecular complexity index is 774. The lowest BCUT2D eigenvalue weighted by molar-refractivity contribution is -0.122. The van der Waals surface area contributed by atoms with E-state index < -0.39 is 12.1 Å². The van der Waals surface area contributed by atoms with Gasteiger partial charge in [-0.2, -0.15) is 0 Å². The van der Waals surface area contributed by atoms with E-state index in [1.54, 1.807) is 56.3 Å². The number of hydrogen-bond donors (Lipinski definition) is 1. The van der Waals surface area contributed by atoms with E-state index in [1.807, 2.05) is 6.92 Å². The van der Waals surface area contributed by atoms with Gasteiger partial charge in [-0.15, -0.1) is 0 Å². The second-order valence-electron chi connectivity index (χ2n) is 5.66. The first-order chi connectivity index (χ1) is 12.5. The maximum Gasteiger partial charge on any atom is 0.338 e. The normalized spacial score (nSPS) is 11.5. The standard InChI is InChI=1S/C20H22ClNO4/c1-4-18(26-15-11-9-14(21)10-12-15)19(23)22-17-8-6-7-16(13(17)3)20(24)25-5-2/h6-12,18H,4-5H2,1-3H3,(H,22,23). The molecule has 2 aromatic carbocycles. The SMILES string of the molecule is CCOC(=O)c1cccc(NC(=O)C(CC)Oc2ccc(Cl)cc2)c1C. The minimum Gasteiger partial charge on any atom is -0.481 e. The summed E-state index contributed by atoms with van der Waals surface area (Å²) in [5, 5.41) is 3.43. The van der Waals surface area contributed by atoms with Crippen molar-refractivity contribution in [1.29, 1.82) is 0 Å². The van der Waals surface area contributed by atoms with Crippen LogP contribution in [0.2, 0.25) is 5.02 Å². The van der Waals surface area contributed by atoms with E-state index >= 15 is 0 Å². The molecule has 0 bridgehead atoms. The zero-order valence-corrected chi connectivity index (χ0v) is 15.8. The van der Waals surface area contributed by atoms with Crippen LogP contribution < -0.4 is 10.1 Å². The van der Waals surface area contributed by atoms with Gasteiger partial charge in [-0.25, -0.2) is 4.79 Å². The van der Waals surface area contributed by atoms with E-state index in [4.69, 9.17) is 21.1 Å². The van der Waals surface area contributed by atoms with Crippen molar-refractivity contribution in [3.8, 4) is 5.75 Å². The molecular weight excluding hydrogens is 354 g/mol. The highest BCUT2D eigenvalue weighted by Crippen LogP contribution is 2.22. The summed E-state index contributed by atoms with van der Waals surface area (Å²) in [6.07, 6.45) is -0.174. The van der Waals surface area contributed by atoms with Gasteiger partial charge in [0.2, 0.25) is 0 Å². The van der Waals surface area contributed by atoms with Crippen LogP contribution in [0.5, 0.6) is 5.75 Å². The van der Waals surface area contributed by atoms with E-state index in [-0.39, 0.29) is 5.91 Å². The Kier molecular flexibility index (Phi) is 7.04. The van der Waals surface area contributed by atoms with Crippen LogP contribution >= 0.6 is 11.6 Å². The van der Waals surface area contributed by atoms with E-state index in [2.05, 4.69) is 5.32 Å². The molecule has 5 nitrogen and oxygen atoms in total. The minimum absolute atomic E-state index is 0.286. The lowest BCUT2D eigenvalue weighted by Crippen LogP contribution is -2.32. The molecule has 0 saturated heterocycles. The third-order valence-electron chi connectivity index (χ3n) is 3.84. The molecule has 1 atom stereocenters. The van der Waals surface area contributed by atoms with Gasteiger partial charge < -0.3 is 14.8 Å². The van der Waals surface area contributed by atoms with E-state index in [9.17, 15) is 9.59 Å². The first-order valence-electron chi connectivity index (χ1n) is 8.46. The molecule has 0 heterocycles. The summed E-state index contributed by atoms with van der Waals surface area (Å²) in [4.78, 5) is 24.6. The van der Waals surface area contributed by atoms with Gasteiger partial charge in [0.25, 0.3) is 5.91 Å². The summed E-state index contributed by atoms with van der Waals surface area (Å²) < 4.78 is 10.8. The van der Waals surface area contributed by atoms with Crippen LogP contribution in [-0.4, -0.2) is 24.6 Å². The lowest BCUT2D eigenvalue weighted by atomic mass is 10.1. The van der Waals surface area contributed by atoms with Crippen molar-refractivity contribution in [2.45, 2.75) is 33.3 Å². The number of anilines is 1. The Hall–Kier alpha value is -2.53. The molecular formula is C20H22ClNO4. The van der Waals surface area contributed by atoms with Crippen molar-refractivity contribution in [3.05, 3.63) is 58.6 Å². The van der Waals surface area contributed by atoms with E-state index in [0.717, 1.165) is 0 Å². The predicted octanol–water partition coefficient (Wildman–Crippen LogP) is 4.62. The van der Waals surface area contributed by atoms with Crippen LogP contribution in [0.3, 0.4) is 0 Å². The van der Waals surface area contributed by atoms with Gasteiger partial charge in [-0.1, -0.05) is 24.6 Å².